The molecule has 254 valence electrons. The number of fused-ring (bicyclic) bond motifs is 4. The zero-order valence-electron chi connectivity index (χ0n) is 40.6. The van der Waals surface area contributed by atoms with Crippen molar-refractivity contribution in [1.29, 1.82) is 0 Å². The Morgan fingerprint density at radius 1 is 0.389 bits per heavy atom. The van der Waals surface area contributed by atoms with Gasteiger partial charge in [-0.05, 0) is 91.7 Å². The molecule has 10 rings (SSSR count). The first kappa shape index (κ1) is 21.4. The summed E-state index contributed by atoms with van der Waals surface area (Å²) >= 11 is 0. The lowest BCUT2D eigenvalue weighted by atomic mass is 9.93. The average Bonchev–Trinajstić information content (AvgIpc) is 3.73. The number of hydrogen-bond acceptors (Lipinski definition) is 2. The second kappa shape index (κ2) is 13.4. The molecule has 0 amide bonds. The van der Waals surface area contributed by atoms with Gasteiger partial charge in [-0.15, -0.1) is 0 Å². The van der Waals surface area contributed by atoms with Crippen molar-refractivity contribution in [2.24, 2.45) is 0 Å². The molecule has 0 saturated carbocycles. The topological polar surface area (TPSA) is 16.4 Å². The number of furan rings is 1. The Hall–Kier alpha value is -7.16. The third-order valence-electron chi connectivity index (χ3n) is 9.69. The number of hydrogen-bond donors (Lipinski definition) is 0. The fraction of sp³-hybridized carbons (Fsp3) is 0. The number of anilines is 3. The minimum absolute atomic E-state index is 0.0260. The maximum Gasteiger partial charge on any atom is 0.159 e. The molecule has 9 aromatic carbocycles. The van der Waals surface area contributed by atoms with Gasteiger partial charge in [0.15, 0.2) is 5.58 Å². The third-order valence-corrected chi connectivity index (χ3v) is 9.69. The zero-order valence-corrected chi connectivity index (χ0v) is 28.6. The summed E-state index contributed by atoms with van der Waals surface area (Å²) in [4.78, 5) is 1.70. The normalized spacial score (nSPS) is 14.4. The number of rotatable bonds is 7. The molecule has 1 heterocycles. The summed E-state index contributed by atoms with van der Waals surface area (Å²) in [6.07, 6.45) is 0. The monoisotopic (exact) mass is 701 g/mol. The van der Waals surface area contributed by atoms with Crippen LogP contribution in [0.15, 0.2) is 216 Å². The molecule has 2 heteroatoms. The van der Waals surface area contributed by atoms with Crippen molar-refractivity contribution in [3.8, 4) is 44.5 Å². The molecule has 0 saturated heterocycles. The fourth-order valence-corrected chi connectivity index (χ4v) is 7.15. The van der Waals surface area contributed by atoms with Crippen molar-refractivity contribution < 1.29 is 20.9 Å². The van der Waals surface area contributed by atoms with Gasteiger partial charge in [-0.1, -0.05) is 176 Å². The molecule has 0 aliphatic carbocycles. The van der Waals surface area contributed by atoms with Crippen molar-refractivity contribution in [2.45, 2.75) is 0 Å². The van der Waals surface area contributed by atoms with Crippen LogP contribution in [0.5, 0.6) is 0 Å². The highest BCUT2D eigenvalue weighted by Gasteiger charge is 2.21. The van der Waals surface area contributed by atoms with Crippen LogP contribution in [0.4, 0.5) is 17.1 Å². The van der Waals surface area contributed by atoms with Crippen LogP contribution in [0, 0.1) is 0 Å². The van der Waals surface area contributed by atoms with Gasteiger partial charge in [-0.3, -0.25) is 0 Å². The minimum Gasteiger partial charge on any atom is -0.454 e. The van der Waals surface area contributed by atoms with E-state index >= 15 is 0 Å². The zero-order chi connectivity index (χ0) is 46.3. The van der Waals surface area contributed by atoms with Crippen LogP contribution < -0.4 is 4.90 Å². The van der Waals surface area contributed by atoms with Crippen molar-refractivity contribution in [2.75, 3.05) is 4.90 Å². The Labute approximate surface area is 331 Å². The number of nitrogens with zero attached hydrogens (tertiary/aromatic N) is 1. The van der Waals surface area contributed by atoms with E-state index in [1.165, 1.54) is 6.07 Å². The standard InChI is InChI=1S/C52H35NO/c1-3-13-38(14-4-1)46-34-33-43(35-49(46)40-15-5-2-6-16-40)53(50-23-12-22-48-47-20-9-10-24-51(47)54-52(48)50)42-31-29-37(30-32-42)36-25-27-41(28-26-36)45-21-11-18-39-17-7-8-19-44(39)45/h1-35H/i1D,2D,3D,4D,5D,6D,13D,14D,15D,16D,33D,34D. The summed E-state index contributed by atoms with van der Waals surface area (Å²) < 4.78 is 113. The lowest BCUT2D eigenvalue weighted by Gasteiger charge is -2.27. The second-order valence-corrected chi connectivity index (χ2v) is 12.8. The van der Waals surface area contributed by atoms with Crippen LogP contribution in [-0.4, -0.2) is 0 Å². The molecule has 0 atom stereocenters. The minimum atomic E-state index is -0.700. The number of para-hydroxylation sites is 2. The predicted octanol–water partition coefficient (Wildman–Crippen LogP) is 14.9. The predicted molar refractivity (Wildman–Crippen MR) is 228 cm³/mol. The quantitative estimate of drug-likeness (QED) is 0.164. The van der Waals surface area contributed by atoms with Crippen molar-refractivity contribution in [1.82, 2.24) is 0 Å². The first-order valence-corrected chi connectivity index (χ1v) is 17.4. The molecule has 1 aromatic heterocycles. The van der Waals surface area contributed by atoms with Gasteiger partial charge in [-0.25, -0.2) is 0 Å². The molecule has 54 heavy (non-hydrogen) atoms. The summed E-state index contributed by atoms with van der Waals surface area (Å²) in [6.45, 7) is 0. The Bertz CT molecular complexity index is 3560. The Balaban J connectivity index is 1.22. The molecular formula is C52H35NO. The van der Waals surface area contributed by atoms with Crippen LogP contribution in [-0.2, 0) is 0 Å². The highest BCUT2D eigenvalue weighted by Crippen LogP contribution is 2.45. The molecular weight excluding hydrogens is 655 g/mol. The molecule has 0 aliphatic heterocycles. The smallest absolute Gasteiger partial charge is 0.159 e. The summed E-state index contributed by atoms with van der Waals surface area (Å²) in [5.74, 6) is 0. The van der Waals surface area contributed by atoms with Gasteiger partial charge in [0.1, 0.15) is 5.58 Å². The molecule has 0 aliphatic rings. The van der Waals surface area contributed by atoms with Crippen LogP contribution in [0.25, 0.3) is 77.2 Å². The van der Waals surface area contributed by atoms with E-state index < -0.39 is 78.1 Å². The maximum atomic E-state index is 9.71. The second-order valence-electron chi connectivity index (χ2n) is 12.8. The molecule has 0 radical (unpaired) electrons. The van der Waals surface area contributed by atoms with Crippen LogP contribution in [0.1, 0.15) is 16.4 Å². The van der Waals surface area contributed by atoms with Crippen molar-refractivity contribution in [3.05, 3.63) is 212 Å². The van der Waals surface area contributed by atoms with Gasteiger partial charge in [0.2, 0.25) is 0 Å². The molecule has 2 nitrogen and oxygen atoms in total. The van der Waals surface area contributed by atoms with Gasteiger partial charge >= 0.3 is 0 Å². The van der Waals surface area contributed by atoms with Crippen molar-refractivity contribution in [3.63, 3.8) is 0 Å². The van der Waals surface area contributed by atoms with E-state index in [0.717, 1.165) is 43.8 Å². The third kappa shape index (κ3) is 5.62. The van der Waals surface area contributed by atoms with E-state index in [4.69, 9.17) is 18.1 Å². The lowest BCUT2D eigenvalue weighted by Crippen LogP contribution is -2.10. The van der Waals surface area contributed by atoms with E-state index in [1.807, 2.05) is 78.9 Å². The maximum absolute atomic E-state index is 9.71. The average molecular weight is 702 g/mol. The molecule has 0 unspecified atom stereocenters. The first-order chi connectivity index (χ1) is 31.8. The Morgan fingerprint density at radius 3 is 1.74 bits per heavy atom. The lowest BCUT2D eigenvalue weighted by molar-refractivity contribution is 0.669. The van der Waals surface area contributed by atoms with E-state index in [-0.39, 0.29) is 22.4 Å². The van der Waals surface area contributed by atoms with Gasteiger partial charge in [-0.2, -0.15) is 0 Å². The first-order valence-electron chi connectivity index (χ1n) is 23.4. The van der Waals surface area contributed by atoms with Gasteiger partial charge < -0.3 is 9.32 Å². The van der Waals surface area contributed by atoms with Crippen LogP contribution in [0.3, 0.4) is 0 Å². The SMILES string of the molecule is [2H]c1c(N(c2ccc(-c3ccc(-c4cccc5ccccc45)cc3)cc2)c2cccc3c2oc2ccccc23)cc(-c2c([2H])c([2H])c([2H])c([2H])c2[2H])c(-c2c([2H])c([2H])c([2H])c([2H])c2[2H])c1[2H]. The summed E-state index contributed by atoms with van der Waals surface area (Å²) in [6, 6.07) is 37.0. The Morgan fingerprint density at radius 2 is 0.981 bits per heavy atom. The summed E-state index contributed by atoms with van der Waals surface area (Å²) in [5, 5.41) is 3.89. The summed E-state index contributed by atoms with van der Waals surface area (Å²) in [7, 11) is 0. The van der Waals surface area contributed by atoms with E-state index in [9.17, 15) is 2.74 Å². The highest BCUT2D eigenvalue weighted by molar-refractivity contribution is 6.10. The van der Waals surface area contributed by atoms with E-state index in [1.54, 1.807) is 11.0 Å². The fourth-order valence-electron chi connectivity index (χ4n) is 7.15. The van der Waals surface area contributed by atoms with Gasteiger partial charge in [0, 0.05) is 22.1 Å². The van der Waals surface area contributed by atoms with E-state index in [2.05, 4.69) is 48.5 Å². The molecule has 0 spiro atoms. The molecule has 0 bridgehead atoms. The van der Waals surface area contributed by atoms with Crippen molar-refractivity contribution >= 4 is 49.8 Å². The number of benzene rings is 9. The Kier molecular flexibility index (Phi) is 5.32. The van der Waals surface area contributed by atoms with E-state index in [0.29, 0.717) is 22.5 Å². The van der Waals surface area contributed by atoms with Crippen LogP contribution in [0.2, 0.25) is 0 Å². The molecule has 0 fully saturated rings. The highest BCUT2D eigenvalue weighted by atomic mass is 16.3. The van der Waals surface area contributed by atoms with Gasteiger partial charge in [0.05, 0.1) is 22.1 Å². The molecule has 0 N–H and O–H groups in total. The van der Waals surface area contributed by atoms with Gasteiger partial charge in [0.25, 0.3) is 0 Å². The molecule has 10 aromatic rings. The largest absolute Gasteiger partial charge is 0.454 e. The van der Waals surface area contributed by atoms with Crippen LogP contribution >= 0.6 is 0 Å². The summed E-state index contributed by atoms with van der Waals surface area (Å²) in [5.41, 5.74) is 4.65.